The van der Waals surface area contributed by atoms with Gasteiger partial charge in [-0.15, -0.1) is 0 Å². The van der Waals surface area contributed by atoms with Gasteiger partial charge in [0.1, 0.15) is 5.75 Å². The van der Waals surface area contributed by atoms with Gasteiger partial charge in [-0.05, 0) is 43.3 Å². The van der Waals surface area contributed by atoms with Crippen LogP contribution in [0.15, 0.2) is 47.0 Å². The maximum atomic E-state index is 12.3. The second-order valence-corrected chi connectivity index (χ2v) is 8.37. The molecule has 2 aromatic carbocycles. The number of ether oxygens (including phenoxy) is 1. The smallest absolute Gasteiger partial charge is 0.242 e. The fraction of sp³-hybridized carbons (Fsp3) is 0.222. The zero-order valence-corrected chi connectivity index (χ0v) is 17.2. The molecule has 0 bridgehead atoms. The summed E-state index contributed by atoms with van der Waals surface area (Å²) < 4.78 is 37.6. The Bertz CT molecular complexity index is 1030. The van der Waals surface area contributed by atoms with E-state index >= 15 is 0 Å². The highest BCUT2D eigenvalue weighted by Crippen LogP contribution is 2.26. The number of hydrogen-bond acceptors (Lipinski definition) is 6. The number of nitrogens with one attached hydrogen (secondary N) is 1. The molecule has 3 rings (SSSR count). The van der Waals surface area contributed by atoms with Crippen molar-refractivity contribution in [2.24, 2.45) is 0 Å². The average molecular weight is 442 g/mol. The molecule has 0 amide bonds. The summed E-state index contributed by atoms with van der Waals surface area (Å²) >= 11 is 12.1. The van der Waals surface area contributed by atoms with Gasteiger partial charge in [0.05, 0.1) is 18.9 Å². The third-order valence-corrected chi connectivity index (χ3v) is 5.69. The number of aromatic nitrogens is 2. The number of benzene rings is 2. The third kappa shape index (κ3) is 5.23. The van der Waals surface area contributed by atoms with E-state index in [2.05, 4.69) is 14.9 Å². The van der Waals surface area contributed by atoms with Crippen molar-refractivity contribution >= 4 is 33.2 Å². The van der Waals surface area contributed by atoms with E-state index in [-0.39, 0.29) is 28.2 Å². The number of rotatable bonds is 8. The summed E-state index contributed by atoms with van der Waals surface area (Å²) in [5.74, 6) is 0.871. The molecule has 0 atom stereocenters. The molecule has 0 unspecified atom stereocenters. The molecule has 0 aliphatic heterocycles. The molecule has 148 valence electrons. The lowest BCUT2D eigenvalue weighted by molar-refractivity contribution is 0.340. The molecule has 3 aromatic rings. The van der Waals surface area contributed by atoms with Crippen molar-refractivity contribution in [1.82, 2.24) is 14.9 Å². The molecule has 0 aliphatic rings. The summed E-state index contributed by atoms with van der Waals surface area (Å²) in [6.07, 6.45) is 0. The van der Waals surface area contributed by atoms with Crippen LogP contribution < -0.4 is 9.46 Å². The summed E-state index contributed by atoms with van der Waals surface area (Å²) in [5.41, 5.74) is 1.06. The van der Waals surface area contributed by atoms with Gasteiger partial charge in [0, 0.05) is 21.2 Å². The standard InChI is InChI=1S/C18H17Cl2N3O4S/c1-2-26-13-8-6-12(7-9-13)18-22-17(27-23-18)10-21-28(24,25)11-14-15(19)4-3-5-16(14)20/h3-9,21H,2,10-11H2,1H3. The van der Waals surface area contributed by atoms with Crippen LogP contribution in [-0.4, -0.2) is 25.2 Å². The molecular weight excluding hydrogens is 425 g/mol. The first kappa shape index (κ1) is 20.6. The van der Waals surface area contributed by atoms with Gasteiger partial charge in [-0.3, -0.25) is 0 Å². The minimum Gasteiger partial charge on any atom is -0.494 e. The molecule has 28 heavy (non-hydrogen) atoms. The Morgan fingerprint density at radius 2 is 1.79 bits per heavy atom. The quantitative estimate of drug-likeness (QED) is 0.566. The minimum atomic E-state index is -3.71. The first-order valence-corrected chi connectivity index (χ1v) is 10.7. The Morgan fingerprint density at radius 3 is 2.43 bits per heavy atom. The highest BCUT2D eigenvalue weighted by atomic mass is 35.5. The van der Waals surface area contributed by atoms with Crippen molar-refractivity contribution in [3.8, 4) is 17.1 Å². The normalized spacial score (nSPS) is 11.5. The number of halogens is 2. The lowest BCUT2D eigenvalue weighted by Crippen LogP contribution is -2.25. The molecule has 0 radical (unpaired) electrons. The second kappa shape index (κ2) is 8.91. The maximum Gasteiger partial charge on any atom is 0.242 e. The summed E-state index contributed by atoms with van der Waals surface area (Å²) in [4.78, 5) is 4.20. The van der Waals surface area contributed by atoms with Gasteiger partial charge in [-0.1, -0.05) is 34.4 Å². The van der Waals surface area contributed by atoms with Gasteiger partial charge in [-0.2, -0.15) is 4.98 Å². The Hall–Kier alpha value is -2.13. The fourth-order valence-corrected chi connectivity index (χ4v) is 4.22. The number of nitrogens with zero attached hydrogens (tertiary/aromatic N) is 2. The fourth-order valence-electron chi connectivity index (χ4n) is 2.39. The van der Waals surface area contributed by atoms with Crippen LogP contribution >= 0.6 is 23.2 Å². The van der Waals surface area contributed by atoms with Crippen LogP contribution in [0.5, 0.6) is 5.75 Å². The van der Waals surface area contributed by atoms with E-state index in [1.807, 2.05) is 6.92 Å². The highest BCUT2D eigenvalue weighted by Gasteiger charge is 2.18. The van der Waals surface area contributed by atoms with Gasteiger partial charge >= 0.3 is 0 Å². The monoisotopic (exact) mass is 441 g/mol. The van der Waals surface area contributed by atoms with Crippen molar-refractivity contribution in [2.45, 2.75) is 19.2 Å². The second-order valence-electron chi connectivity index (χ2n) is 5.75. The van der Waals surface area contributed by atoms with E-state index in [0.29, 0.717) is 18.0 Å². The lowest BCUT2D eigenvalue weighted by Gasteiger charge is -2.08. The third-order valence-electron chi connectivity index (χ3n) is 3.73. The van der Waals surface area contributed by atoms with Crippen molar-refractivity contribution in [3.05, 3.63) is 64.0 Å². The molecule has 0 aliphatic carbocycles. The first-order valence-electron chi connectivity index (χ1n) is 8.34. The molecule has 0 spiro atoms. The van der Waals surface area contributed by atoms with E-state index < -0.39 is 10.0 Å². The van der Waals surface area contributed by atoms with E-state index in [4.69, 9.17) is 32.5 Å². The molecule has 0 saturated carbocycles. The van der Waals surface area contributed by atoms with Gasteiger partial charge in [0.25, 0.3) is 0 Å². The molecular formula is C18H17Cl2N3O4S. The van der Waals surface area contributed by atoms with Crippen LogP contribution in [0.3, 0.4) is 0 Å². The van der Waals surface area contributed by atoms with Crippen LogP contribution in [0.4, 0.5) is 0 Å². The average Bonchev–Trinajstić information content (AvgIpc) is 3.13. The Labute approximate surface area is 172 Å². The number of hydrogen-bond donors (Lipinski definition) is 1. The Balaban J connectivity index is 1.65. The molecule has 7 nitrogen and oxygen atoms in total. The lowest BCUT2D eigenvalue weighted by atomic mass is 10.2. The van der Waals surface area contributed by atoms with Crippen LogP contribution in [0.1, 0.15) is 18.4 Å². The Morgan fingerprint density at radius 1 is 1.11 bits per heavy atom. The summed E-state index contributed by atoms with van der Waals surface area (Å²) in [6.45, 7) is 2.33. The molecule has 1 heterocycles. The van der Waals surface area contributed by atoms with Crippen molar-refractivity contribution < 1.29 is 17.7 Å². The van der Waals surface area contributed by atoms with E-state index in [1.54, 1.807) is 42.5 Å². The van der Waals surface area contributed by atoms with E-state index in [0.717, 1.165) is 11.3 Å². The van der Waals surface area contributed by atoms with Crippen LogP contribution in [-0.2, 0) is 22.3 Å². The van der Waals surface area contributed by atoms with Crippen molar-refractivity contribution in [1.29, 1.82) is 0 Å². The highest BCUT2D eigenvalue weighted by molar-refractivity contribution is 7.88. The van der Waals surface area contributed by atoms with E-state index in [9.17, 15) is 8.42 Å². The van der Waals surface area contributed by atoms with Crippen molar-refractivity contribution in [3.63, 3.8) is 0 Å². The summed E-state index contributed by atoms with van der Waals surface area (Å²) in [7, 11) is -3.71. The van der Waals surface area contributed by atoms with Gasteiger partial charge in [-0.25, -0.2) is 13.1 Å². The van der Waals surface area contributed by atoms with Gasteiger partial charge in [0.15, 0.2) is 0 Å². The van der Waals surface area contributed by atoms with E-state index in [1.165, 1.54) is 0 Å². The topological polar surface area (TPSA) is 94.3 Å². The SMILES string of the molecule is CCOc1ccc(-c2noc(CNS(=O)(=O)Cc3c(Cl)cccc3Cl)n2)cc1. The van der Waals surface area contributed by atoms with Crippen molar-refractivity contribution in [2.75, 3.05) is 6.61 Å². The molecule has 10 heteroatoms. The number of sulfonamides is 1. The van der Waals surface area contributed by atoms with Gasteiger partial charge < -0.3 is 9.26 Å². The molecule has 0 saturated heterocycles. The minimum absolute atomic E-state index is 0.137. The summed E-state index contributed by atoms with van der Waals surface area (Å²) in [6, 6.07) is 12.0. The zero-order valence-electron chi connectivity index (χ0n) is 14.9. The van der Waals surface area contributed by atoms with Crippen LogP contribution in [0.25, 0.3) is 11.4 Å². The van der Waals surface area contributed by atoms with Gasteiger partial charge in [0.2, 0.25) is 21.7 Å². The molecule has 1 N–H and O–H groups in total. The maximum absolute atomic E-state index is 12.3. The zero-order chi connectivity index (χ0) is 20.1. The Kier molecular flexibility index (Phi) is 6.56. The van der Waals surface area contributed by atoms with Crippen LogP contribution in [0, 0.1) is 0 Å². The largest absolute Gasteiger partial charge is 0.494 e. The molecule has 0 fully saturated rings. The first-order chi connectivity index (χ1) is 13.4. The predicted octanol–water partition coefficient (Wildman–Crippen LogP) is 4.06. The predicted molar refractivity (Wildman–Crippen MR) is 107 cm³/mol. The molecule has 1 aromatic heterocycles. The van der Waals surface area contributed by atoms with Crippen LogP contribution in [0.2, 0.25) is 10.0 Å². The summed E-state index contributed by atoms with van der Waals surface area (Å²) in [5, 5.41) is 4.44.